The average molecular weight is 382 g/mol. The summed E-state index contributed by atoms with van der Waals surface area (Å²) in [5.41, 5.74) is 1.40. The number of benzene rings is 2. The molecule has 2 aromatic rings. The van der Waals surface area contributed by atoms with Crippen LogP contribution in [-0.2, 0) is 4.79 Å². The largest absolute Gasteiger partial charge is 0.392 e. The van der Waals surface area contributed by atoms with Crippen LogP contribution in [0.15, 0.2) is 48.5 Å². The van der Waals surface area contributed by atoms with Crippen molar-refractivity contribution in [3.63, 3.8) is 0 Å². The van der Waals surface area contributed by atoms with Crippen molar-refractivity contribution in [2.75, 3.05) is 19.6 Å². The molecule has 6 heteroatoms. The van der Waals surface area contributed by atoms with Crippen molar-refractivity contribution in [2.45, 2.75) is 25.4 Å². The third-order valence-electron chi connectivity index (χ3n) is 5.92. The highest BCUT2D eigenvalue weighted by molar-refractivity contribution is 5.95. The molecule has 1 spiro atoms. The van der Waals surface area contributed by atoms with Gasteiger partial charge in [-0.25, -0.2) is 4.39 Å². The zero-order valence-electron chi connectivity index (χ0n) is 15.5. The number of hydrogen-bond acceptors (Lipinski definition) is 3. The Labute approximate surface area is 163 Å². The second-order valence-electron chi connectivity index (χ2n) is 7.63. The van der Waals surface area contributed by atoms with E-state index in [2.05, 4.69) is 5.32 Å². The van der Waals surface area contributed by atoms with Gasteiger partial charge in [-0.05, 0) is 54.7 Å². The second-order valence-corrected chi connectivity index (χ2v) is 7.63. The van der Waals surface area contributed by atoms with Gasteiger partial charge >= 0.3 is 0 Å². The predicted molar refractivity (Wildman–Crippen MR) is 103 cm³/mol. The van der Waals surface area contributed by atoms with Gasteiger partial charge in [0.1, 0.15) is 5.82 Å². The molecule has 0 aromatic heterocycles. The van der Waals surface area contributed by atoms with Crippen LogP contribution in [0.2, 0.25) is 0 Å². The zero-order valence-corrected chi connectivity index (χ0v) is 15.5. The Bertz CT molecular complexity index is 882. The van der Waals surface area contributed by atoms with Gasteiger partial charge in [0, 0.05) is 25.2 Å². The van der Waals surface area contributed by atoms with Gasteiger partial charge in [0.2, 0.25) is 5.91 Å². The van der Waals surface area contributed by atoms with Gasteiger partial charge in [0.05, 0.1) is 11.5 Å². The van der Waals surface area contributed by atoms with E-state index in [-0.39, 0.29) is 24.2 Å². The number of halogens is 1. The number of nitrogens with zero attached hydrogens (tertiary/aromatic N) is 1. The molecule has 0 bridgehead atoms. The molecular formula is C22H23FN2O3. The Balaban J connectivity index is 1.52. The predicted octanol–water partition coefficient (Wildman–Crippen LogP) is 2.60. The van der Waals surface area contributed by atoms with Crippen molar-refractivity contribution in [1.82, 2.24) is 10.2 Å². The molecule has 2 heterocycles. The molecule has 28 heavy (non-hydrogen) atoms. The Kier molecular flexibility index (Phi) is 4.89. The number of nitrogens with one attached hydrogen (secondary N) is 1. The number of aliphatic hydroxyl groups excluding tert-OH is 1. The van der Waals surface area contributed by atoms with Gasteiger partial charge in [-0.15, -0.1) is 0 Å². The average Bonchev–Trinajstić information content (AvgIpc) is 2.72. The number of amides is 2. The maximum Gasteiger partial charge on any atom is 0.253 e. The summed E-state index contributed by atoms with van der Waals surface area (Å²) in [6.07, 6.45) is 1.06. The molecule has 5 nitrogen and oxygen atoms in total. The van der Waals surface area contributed by atoms with Crippen molar-refractivity contribution in [1.29, 1.82) is 0 Å². The lowest BCUT2D eigenvalue weighted by atomic mass is 9.71. The maximum absolute atomic E-state index is 13.1. The van der Waals surface area contributed by atoms with Crippen LogP contribution in [-0.4, -0.2) is 47.6 Å². The van der Waals surface area contributed by atoms with Crippen LogP contribution in [0.5, 0.6) is 0 Å². The minimum absolute atomic E-state index is 0.143. The molecule has 4 rings (SSSR count). The van der Waals surface area contributed by atoms with Crippen LogP contribution in [0.3, 0.4) is 0 Å². The van der Waals surface area contributed by atoms with E-state index in [1.165, 1.54) is 12.1 Å². The number of aliphatic hydroxyl groups is 1. The van der Waals surface area contributed by atoms with Crippen molar-refractivity contribution in [2.24, 2.45) is 5.41 Å². The summed E-state index contributed by atoms with van der Waals surface area (Å²) in [6.45, 7) is 1.28. The first-order valence-corrected chi connectivity index (χ1v) is 9.61. The summed E-state index contributed by atoms with van der Waals surface area (Å²) < 4.78 is 13.1. The normalized spacial score (nSPS) is 24.9. The number of hydrogen-bond donors (Lipinski definition) is 2. The SMILES string of the molecule is O=C(c1ccc(-c2ccc(F)cc2)cc1)N1CC[C@H](O)[C@@]2(CCCNC2=O)C1. The van der Waals surface area contributed by atoms with Crippen molar-refractivity contribution < 1.29 is 19.1 Å². The topological polar surface area (TPSA) is 69.6 Å². The molecule has 0 saturated carbocycles. The van der Waals surface area contributed by atoms with Gasteiger partial charge in [-0.1, -0.05) is 24.3 Å². The molecule has 2 aliphatic heterocycles. The molecule has 2 aromatic carbocycles. The molecule has 2 atom stereocenters. The number of carbonyl (C=O) groups excluding carboxylic acids is 2. The molecule has 0 unspecified atom stereocenters. The van der Waals surface area contributed by atoms with Crippen LogP contribution >= 0.6 is 0 Å². The summed E-state index contributed by atoms with van der Waals surface area (Å²) in [4.78, 5) is 27.1. The molecule has 2 amide bonds. The number of piperidine rings is 2. The smallest absolute Gasteiger partial charge is 0.253 e. The molecule has 0 radical (unpaired) electrons. The van der Waals surface area contributed by atoms with Crippen LogP contribution in [0.1, 0.15) is 29.6 Å². The molecule has 146 valence electrons. The summed E-state index contributed by atoms with van der Waals surface area (Å²) in [5.74, 6) is -0.589. The Morgan fingerprint density at radius 2 is 1.75 bits per heavy atom. The van der Waals surface area contributed by atoms with E-state index in [0.717, 1.165) is 17.5 Å². The highest BCUT2D eigenvalue weighted by atomic mass is 19.1. The van der Waals surface area contributed by atoms with E-state index in [0.29, 0.717) is 31.5 Å². The lowest BCUT2D eigenvalue weighted by Gasteiger charge is -2.46. The number of carbonyl (C=O) groups is 2. The molecule has 2 saturated heterocycles. The molecule has 2 fully saturated rings. The number of likely N-dealkylation sites (tertiary alicyclic amines) is 1. The fraction of sp³-hybridized carbons (Fsp3) is 0.364. The van der Waals surface area contributed by atoms with Crippen molar-refractivity contribution in [3.8, 4) is 11.1 Å². The van der Waals surface area contributed by atoms with Crippen molar-refractivity contribution >= 4 is 11.8 Å². The number of rotatable bonds is 2. The Morgan fingerprint density at radius 1 is 1.11 bits per heavy atom. The van der Waals surface area contributed by atoms with Gasteiger partial charge in [-0.2, -0.15) is 0 Å². The third-order valence-corrected chi connectivity index (χ3v) is 5.92. The molecule has 2 aliphatic rings. The van der Waals surface area contributed by atoms with Crippen LogP contribution in [0.25, 0.3) is 11.1 Å². The first-order valence-electron chi connectivity index (χ1n) is 9.61. The second kappa shape index (κ2) is 7.36. The van der Waals surface area contributed by atoms with Crippen LogP contribution in [0, 0.1) is 11.2 Å². The lowest BCUT2D eigenvalue weighted by Crippen LogP contribution is -2.62. The molecule has 2 N–H and O–H groups in total. The summed E-state index contributed by atoms with van der Waals surface area (Å²) in [5, 5.41) is 13.3. The first kappa shape index (κ1) is 18.6. The van der Waals surface area contributed by atoms with E-state index in [4.69, 9.17) is 0 Å². The van der Waals surface area contributed by atoms with E-state index in [1.807, 2.05) is 12.1 Å². The summed E-state index contributed by atoms with van der Waals surface area (Å²) in [7, 11) is 0. The lowest BCUT2D eigenvalue weighted by molar-refractivity contribution is -0.147. The summed E-state index contributed by atoms with van der Waals surface area (Å²) >= 11 is 0. The Morgan fingerprint density at radius 3 is 2.39 bits per heavy atom. The minimum atomic E-state index is -0.903. The highest BCUT2D eigenvalue weighted by Gasteiger charge is 2.50. The molecular weight excluding hydrogens is 359 g/mol. The van der Waals surface area contributed by atoms with Gasteiger partial charge in [0.15, 0.2) is 0 Å². The minimum Gasteiger partial charge on any atom is -0.392 e. The fourth-order valence-electron chi connectivity index (χ4n) is 4.25. The van der Waals surface area contributed by atoms with Crippen LogP contribution in [0.4, 0.5) is 4.39 Å². The zero-order chi connectivity index (χ0) is 19.7. The fourth-order valence-corrected chi connectivity index (χ4v) is 4.25. The van der Waals surface area contributed by atoms with Crippen molar-refractivity contribution in [3.05, 3.63) is 59.9 Å². The molecule has 0 aliphatic carbocycles. The van der Waals surface area contributed by atoms with Crippen LogP contribution < -0.4 is 5.32 Å². The van der Waals surface area contributed by atoms with E-state index in [1.54, 1.807) is 29.2 Å². The quantitative estimate of drug-likeness (QED) is 0.839. The van der Waals surface area contributed by atoms with Gasteiger partial charge < -0.3 is 15.3 Å². The summed E-state index contributed by atoms with van der Waals surface area (Å²) in [6, 6.07) is 13.4. The first-order chi connectivity index (χ1) is 13.5. The van der Waals surface area contributed by atoms with Gasteiger partial charge in [-0.3, -0.25) is 9.59 Å². The Hall–Kier alpha value is -2.73. The third kappa shape index (κ3) is 3.29. The highest BCUT2D eigenvalue weighted by Crippen LogP contribution is 2.37. The van der Waals surface area contributed by atoms with Gasteiger partial charge in [0.25, 0.3) is 5.91 Å². The maximum atomic E-state index is 13.1. The van der Waals surface area contributed by atoms with E-state index >= 15 is 0 Å². The standard InChI is InChI=1S/C22H23FN2O3/c23-18-8-6-16(7-9-18)15-2-4-17(5-3-15)20(27)25-13-10-19(26)22(14-25)11-1-12-24-21(22)28/h2-9,19,26H,1,10-14H2,(H,24,28)/t19-,22+/m0/s1. The van der Waals surface area contributed by atoms with E-state index < -0.39 is 11.5 Å². The van der Waals surface area contributed by atoms with E-state index in [9.17, 15) is 19.1 Å². The monoisotopic (exact) mass is 382 g/mol.